The zero-order valence-electron chi connectivity index (χ0n) is 15.5. The predicted molar refractivity (Wildman–Crippen MR) is 110 cm³/mol. The van der Waals surface area contributed by atoms with Gasteiger partial charge in [-0.05, 0) is 25.1 Å². The SMILES string of the molecule is Cc1nnc(SCc2c(C(=O)N(C)c3ccc(F)c(F)c3)oc3ccccc23)s1. The summed E-state index contributed by atoms with van der Waals surface area (Å²) in [7, 11) is 1.49. The maximum Gasteiger partial charge on any atom is 0.294 e. The van der Waals surface area contributed by atoms with Gasteiger partial charge in [0.15, 0.2) is 21.7 Å². The first kappa shape index (κ1) is 19.5. The summed E-state index contributed by atoms with van der Waals surface area (Å²) in [5, 5.41) is 9.78. The lowest BCUT2D eigenvalue weighted by Gasteiger charge is -2.17. The standard InChI is InChI=1S/C20H15F2N3O2S2/c1-11-23-24-20(29-11)28-10-14-13-5-3-4-6-17(13)27-18(14)19(26)25(2)12-7-8-15(21)16(22)9-12/h3-9H,10H2,1-2H3. The number of nitrogens with zero attached hydrogens (tertiary/aromatic N) is 3. The van der Waals surface area contributed by atoms with Gasteiger partial charge in [0.25, 0.3) is 5.91 Å². The number of furan rings is 1. The van der Waals surface area contributed by atoms with Crippen molar-refractivity contribution >= 4 is 45.7 Å². The number of fused-ring (bicyclic) bond motifs is 1. The van der Waals surface area contributed by atoms with E-state index in [0.717, 1.165) is 32.4 Å². The second kappa shape index (κ2) is 7.92. The normalized spacial score (nSPS) is 11.2. The van der Waals surface area contributed by atoms with Crippen LogP contribution >= 0.6 is 23.1 Å². The molecule has 1 amide bonds. The van der Waals surface area contributed by atoms with E-state index in [1.807, 2.05) is 25.1 Å². The molecule has 0 fully saturated rings. The van der Waals surface area contributed by atoms with E-state index in [1.165, 1.54) is 41.1 Å². The molecule has 0 radical (unpaired) electrons. The van der Waals surface area contributed by atoms with Crippen LogP contribution in [-0.4, -0.2) is 23.2 Å². The number of amides is 1. The molecule has 4 aromatic rings. The van der Waals surface area contributed by atoms with Gasteiger partial charge in [0.2, 0.25) is 0 Å². The third-order valence-electron chi connectivity index (χ3n) is 4.34. The van der Waals surface area contributed by atoms with Crippen LogP contribution in [0, 0.1) is 18.6 Å². The van der Waals surface area contributed by atoms with Crippen molar-refractivity contribution in [2.45, 2.75) is 17.0 Å². The molecule has 0 unspecified atom stereocenters. The number of aromatic nitrogens is 2. The third-order valence-corrected chi connectivity index (χ3v) is 6.33. The van der Waals surface area contributed by atoms with Gasteiger partial charge >= 0.3 is 0 Å². The third kappa shape index (κ3) is 3.88. The molecule has 29 heavy (non-hydrogen) atoms. The highest BCUT2D eigenvalue weighted by molar-refractivity contribution is 8.00. The average Bonchev–Trinajstić information content (AvgIpc) is 3.30. The molecule has 0 saturated heterocycles. The fraction of sp³-hybridized carbons (Fsp3) is 0.150. The minimum Gasteiger partial charge on any atom is -0.451 e. The van der Waals surface area contributed by atoms with E-state index in [9.17, 15) is 13.6 Å². The number of hydrogen-bond donors (Lipinski definition) is 0. The maximum absolute atomic E-state index is 13.6. The van der Waals surface area contributed by atoms with E-state index in [4.69, 9.17) is 4.42 Å². The van der Waals surface area contributed by atoms with E-state index in [-0.39, 0.29) is 11.4 Å². The summed E-state index contributed by atoms with van der Waals surface area (Å²) in [5.74, 6) is -1.82. The monoisotopic (exact) mass is 431 g/mol. The van der Waals surface area contributed by atoms with Crippen molar-refractivity contribution in [3.05, 3.63) is 70.4 Å². The van der Waals surface area contributed by atoms with Gasteiger partial charge in [0.05, 0.1) is 0 Å². The van der Waals surface area contributed by atoms with Gasteiger partial charge in [0.1, 0.15) is 10.6 Å². The first-order valence-electron chi connectivity index (χ1n) is 8.60. The number of aryl methyl sites for hydroxylation is 1. The van der Waals surface area contributed by atoms with Crippen molar-refractivity contribution in [2.75, 3.05) is 11.9 Å². The number of halogens is 2. The number of para-hydroxylation sites is 1. The summed E-state index contributed by atoms with van der Waals surface area (Å²) in [4.78, 5) is 14.4. The molecule has 2 heterocycles. The van der Waals surface area contributed by atoms with Gasteiger partial charge in [-0.1, -0.05) is 41.3 Å². The zero-order valence-corrected chi connectivity index (χ0v) is 17.1. The Hall–Kier alpha value is -2.78. The van der Waals surface area contributed by atoms with E-state index in [1.54, 1.807) is 6.07 Å². The lowest BCUT2D eigenvalue weighted by molar-refractivity contribution is 0.0967. The molecule has 0 N–H and O–H groups in total. The summed E-state index contributed by atoms with van der Waals surface area (Å²) < 4.78 is 33.5. The van der Waals surface area contributed by atoms with Crippen LogP contribution in [0.2, 0.25) is 0 Å². The van der Waals surface area contributed by atoms with Gasteiger partial charge in [0, 0.05) is 35.5 Å². The quantitative estimate of drug-likeness (QED) is 0.394. The van der Waals surface area contributed by atoms with E-state index < -0.39 is 17.5 Å². The van der Waals surface area contributed by atoms with Crippen LogP contribution in [0.5, 0.6) is 0 Å². The molecule has 0 bridgehead atoms. The molecule has 4 rings (SSSR count). The molecule has 0 aliphatic rings. The Kier molecular flexibility index (Phi) is 5.33. The minimum atomic E-state index is -1.02. The first-order valence-corrected chi connectivity index (χ1v) is 10.4. The first-order chi connectivity index (χ1) is 13.9. The summed E-state index contributed by atoms with van der Waals surface area (Å²) in [6.07, 6.45) is 0. The Labute approximate surface area is 173 Å². The van der Waals surface area contributed by atoms with Crippen molar-refractivity contribution in [3.63, 3.8) is 0 Å². The molecule has 0 aliphatic heterocycles. The summed E-state index contributed by atoms with van der Waals surface area (Å²) >= 11 is 2.93. The van der Waals surface area contributed by atoms with Crippen molar-refractivity contribution in [1.29, 1.82) is 0 Å². The zero-order chi connectivity index (χ0) is 20.5. The lowest BCUT2D eigenvalue weighted by Crippen LogP contribution is -2.26. The topological polar surface area (TPSA) is 59.2 Å². The van der Waals surface area contributed by atoms with Gasteiger partial charge in [-0.15, -0.1) is 10.2 Å². The number of benzene rings is 2. The highest BCUT2D eigenvalue weighted by atomic mass is 32.2. The van der Waals surface area contributed by atoms with Crippen LogP contribution in [0.15, 0.2) is 51.2 Å². The molecular weight excluding hydrogens is 416 g/mol. The Balaban J connectivity index is 1.69. The molecule has 0 aliphatic carbocycles. The molecule has 2 aromatic carbocycles. The fourth-order valence-electron chi connectivity index (χ4n) is 2.85. The smallest absolute Gasteiger partial charge is 0.294 e. The highest BCUT2D eigenvalue weighted by Gasteiger charge is 2.25. The summed E-state index contributed by atoms with van der Waals surface area (Å²) in [6.45, 7) is 1.88. The van der Waals surface area contributed by atoms with Crippen molar-refractivity contribution in [3.8, 4) is 0 Å². The number of thioether (sulfide) groups is 1. The molecule has 9 heteroatoms. The van der Waals surface area contributed by atoms with Crippen LogP contribution in [0.4, 0.5) is 14.5 Å². The average molecular weight is 431 g/mol. The van der Waals surface area contributed by atoms with Crippen LogP contribution in [0.25, 0.3) is 11.0 Å². The van der Waals surface area contributed by atoms with Gasteiger partial charge in [-0.2, -0.15) is 0 Å². The number of carbonyl (C=O) groups is 1. The molecule has 2 aromatic heterocycles. The van der Waals surface area contributed by atoms with Crippen LogP contribution in [0.3, 0.4) is 0 Å². The fourth-order valence-corrected chi connectivity index (χ4v) is 4.69. The Morgan fingerprint density at radius 3 is 2.69 bits per heavy atom. The van der Waals surface area contributed by atoms with Crippen LogP contribution in [-0.2, 0) is 5.75 Å². The lowest BCUT2D eigenvalue weighted by atomic mass is 10.1. The summed E-state index contributed by atoms with van der Waals surface area (Å²) in [6, 6.07) is 10.7. The highest BCUT2D eigenvalue weighted by Crippen LogP contribution is 2.34. The number of anilines is 1. The number of hydrogen-bond acceptors (Lipinski definition) is 6. The minimum absolute atomic E-state index is 0.159. The predicted octanol–water partition coefficient (Wildman–Crippen LogP) is 5.44. The largest absolute Gasteiger partial charge is 0.451 e. The molecule has 148 valence electrons. The van der Waals surface area contributed by atoms with E-state index in [2.05, 4.69) is 10.2 Å². The second-order valence-corrected chi connectivity index (χ2v) is 8.65. The second-order valence-electron chi connectivity index (χ2n) is 6.24. The summed E-state index contributed by atoms with van der Waals surface area (Å²) in [5.41, 5.74) is 1.53. The molecular formula is C20H15F2N3O2S2. The van der Waals surface area contributed by atoms with Gasteiger partial charge in [-0.3, -0.25) is 4.79 Å². The Morgan fingerprint density at radius 2 is 1.97 bits per heavy atom. The van der Waals surface area contributed by atoms with E-state index >= 15 is 0 Å². The molecule has 5 nitrogen and oxygen atoms in total. The molecule has 0 spiro atoms. The van der Waals surface area contributed by atoms with E-state index in [0.29, 0.717) is 11.3 Å². The Bertz CT molecular complexity index is 1210. The van der Waals surface area contributed by atoms with Gasteiger partial charge < -0.3 is 9.32 Å². The van der Waals surface area contributed by atoms with Crippen molar-refractivity contribution in [1.82, 2.24) is 10.2 Å². The van der Waals surface area contributed by atoms with Crippen molar-refractivity contribution < 1.29 is 18.0 Å². The Morgan fingerprint density at radius 1 is 1.17 bits per heavy atom. The number of carbonyl (C=O) groups excluding carboxylic acids is 1. The van der Waals surface area contributed by atoms with Crippen LogP contribution < -0.4 is 4.90 Å². The van der Waals surface area contributed by atoms with Crippen LogP contribution in [0.1, 0.15) is 21.1 Å². The molecule has 0 atom stereocenters. The molecule has 0 saturated carbocycles. The van der Waals surface area contributed by atoms with Gasteiger partial charge in [-0.25, -0.2) is 8.78 Å². The number of rotatable bonds is 5. The van der Waals surface area contributed by atoms with Crippen molar-refractivity contribution in [2.24, 2.45) is 0 Å². The maximum atomic E-state index is 13.6.